The number of primary amides is 1. The first-order valence-corrected chi connectivity index (χ1v) is 7.86. The van der Waals surface area contributed by atoms with E-state index < -0.39 is 41.2 Å². The lowest BCUT2D eigenvalue weighted by Gasteiger charge is -2.57. The molecule has 2 fully saturated rings. The van der Waals surface area contributed by atoms with E-state index in [1.807, 2.05) is 0 Å². The molecule has 3 N–H and O–H groups in total. The van der Waals surface area contributed by atoms with Crippen molar-refractivity contribution >= 4 is 17.9 Å². The zero-order valence-electron chi connectivity index (χ0n) is 14.4. The Morgan fingerprint density at radius 1 is 1.42 bits per heavy atom. The summed E-state index contributed by atoms with van der Waals surface area (Å²) in [4.78, 5) is 39.2. The Morgan fingerprint density at radius 3 is 2.50 bits per heavy atom. The molecule has 0 aromatic heterocycles. The van der Waals surface area contributed by atoms with Crippen LogP contribution in [0.5, 0.6) is 0 Å². The molecule has 3 amide bonds. The molecule has 0 aliphatic carbocycles. The maximum absolute atomic E-state index is 12.7. The van der Waals surface area contributed by atoms with Crippen LogP contribution in [-0.4, -0.2) is 82.4 Å². The number of morpholine rings is 1. The Kier molecular flexibility index (Phi) is 4.78. The normalized spacial score (nSPS) is 26.8. The predicted molar refractivity (Wildman–Crippen MR) is 82.9 cm³/mol. The van der Waals surface area contributed by atoms with Gasteiger partial charge in [-0.3, -0.25) is 14.5 Å². The Balaban J connectivity index is 2.20. The number of nitrogens with two attached hydrogens (primary N) is 1. The first-order valence-electron chi connectivity index (χ1n) is 7.86. The molecule has 24 heavy (non-hydrogen) atoms. The Labute approximate surface area is 140 Å². The van der Waals surface area contributed by atoms with E-state index in [0.29, 0.717) is 6.61 Å². The lowest BCUT2D eigenvalue weighted by atomic mass is 9.84. The van der Waals surface area contributed by atoms with E-state index in [1.165, 1.54) is 16.7 Å². The number of likely N-dealkylation sites (tertiary alicyclic amines) is 1. The number of aliphatic hydroxyl groups is 1. The van der Waals surface area contributed by atoms with Crippen LogP contribution < -0.4 is 5.73 Å². The van der Waals surface area contributed by atoms with Crippen molar-refractivity contribution in [1.82, 2.24) is 9.80 Å². The van der Waals surface area contributed by atoms with Crippen molar-refractivity contribution in [3.63, 3.8) is 0 Å². The number of carbonyl (C=O) groups is 3. The van der Waals surface area contributed by atoms with Gasteiger partial charge in [0.1, 0.15) is 11.6 Å². The quantitative estimate of drug-likeness (QED) is 0.638. The first-order chi connectivity index (χ1) is 11.0. The SMILES string of the molecule is C[C@@H](O)[C@@H](C(N)=O)N1CC2(COCCN2C(=O)OC(C)(C)C)C1=O. The van der Waals surface area contributed by atoms with Crippen molar-refractivity contribution in [1.29, 1.82) is 0 Å². The minimum Gasteiger partial charge on any atom is -0.444 e. The second-order valence-electron chi connectivity index (χ2n) is 7.24. The van der Waals surface area contributed by atoms with E-state index >= 15 is 0 Å². The highest BCUT2D eigenvalue weighted by Gasteiger charge is 2.62. The van der Waals surface area contributed by atoms with Crippen LogP contribution in [0.3, 0.4) is 0 Å². The summed E-state index contributed by atoms with van der Waals surface area (Å²) in [5.41, 5.74) is 3.38. The van der Waals surface area contributed by atoms with Crippen LogP contribution in [0.15, 0.2) is 0 Å². The van der Waals surface area contributed by atoms with Gasteiger partial charge in [0.25, 0.3) is 5.91 Å². The number of hydrogen-bond acceptors (Lipinski definition) is 6. The number of rotatable bonds is 3. The van der Waals surface area contributed by atoms with Crippen LogP contribution in [0.2, 0.25) is 0 Å². The molecule has 3 atom stereocenters. The van der Waals surface area contributed by atoms with Gasteiger partial charge in [0.05, 0.1) is 25.9 Å². The lowest BCUT2D eigenvalue weighted by Crippen LogP contribution is -2.81. The van der Waals surface area contributed by atoms with E-state index in [2.05, 4.69) is 0 Å². The van der Waals surface area contributed by atoms with E-state index in [1.54, 1.807) is 20.8 Å². The third kappa shape index (κ3) is 3.18. The zero-order chi connectivity index (χ0) is 18.3. The molecule has 1 unspecified atom stereocenters. The summed E-state index contributed by atoms with van der Waals surface area (Å²) in [6.45, 7) is 7.19. The fraction of sp³-hybridized carbons (Fsp3) is 0.800. The van der Waals surface area contributed by atoms with E-state index in [-0.39, 0.29) is 19.7 Å². The molecule has 2 heterocycles. The van der Waals surface area contributed by atoms with Gasteiger partial charge in [0.15, 0.2) is 5.54 Å². The molecule has 0 radical (unpaired) electrons. The third-order valence-electron chi connectivity index (χ3n) is 4.11. The lowest BCUT2D eigenvalue weighted by molar-refractivity contribution is -0.189. The van der Waals surface area contributed by atoms with Crippen molar-refractivity contribution in [3.8, 4) is 0 Å². The van der Waals surface area contributed by atoms with Crippen molar-refractivity contribution in [2.24, 2.45) is 5.73 Å². The van der Waals surface area contributed by atoms with Gasteiger partial charge in [0.2, 0.25) is 5.91 Å². The standard InChI is InChI=1S/C15H25N3O6/c1-9(19)10(11(16)20)17-7-15(12(17)21)8-23-6-5-18(15)13(22)24-14(2,3)4/h9-10,19H,5-8H2,1-4H3,(H2,16,20)/t9-,10+,15?/m1/s1. The molecule has 1 spiro atoms. The molecule has 9 heteroatoms. The number of aliphatic hydroxyl groups excluding tert-OH is 1. The molecule has 9 nitrogen and oxygen atoms in total. The van der Waals surface area contributed by atoms with Gasteiger partial charge in [-0.25, -0.2) is 4.79 Å². The Morgan fingerprint density at radius 2 is 2.04 bits per heavy atom. The van der Waals surface area contributed by atoms with Gasteiger partial charge in [0, 0.05) is 6.54 Å². The molecule has 136 valence electrons. The van der Waals surface area contributed by atoms with Crippen LogP contribution in [0, 0.1) is 0 Å². The molecule has 0 aromatic carbocycles. The highest BCUT2D eigenvalue weighted by Crippen LogP contribution is 2.35. The summed E-state index contributed by atoms with van der Waals surface area (Å²) >= 11 is 0. The number of amides is 3. The summed E-state index contributed by atoms with van der Waals surface area (Å²) in [5.74, 6) is -1.27. The molecular formula is C15H25N3O6. The first kappa shape index (κ1) is 18.5. The maximum atomic E-state index is 12.7. The molecule has 2 saturated heterocycles. The summed E-state index contributed by atoms with van der Waals surface area (Å²) in [7, 11) is 0. The number of hydrogen-bond donors (Lipinski definition) is 2. The molecule has 0 saturated carbocycles. The number of nitrogens with zero attached hydrogens (tertiary/aromatic N) is 2. The van der Waals surface area contributed by atoms with Gasteiger partial charge < -0.3 is 25.2 Å². The second kappa shape index (κ2) is 6.21. The molecule has 0 aromatic rings. The second-order valence-corrected chi connectivity index (χ2v) is 7.24. The van der Waals surface area contributed by atoms with Crippen molar-refractivity contribution in [2.45, 2.75) is 51.0 Å². The van der Waals surface area contributed by atoms with Crippen LogP contribution in [0.4, 0.5) is 4.79 Å². The minimum absolute atomic E-state index is 0.0207. The number of carbonyl (C=O) groups excluding carboxylic acids is 3. The average molecular weight is 343 g/mol. The van der Waals surface area contributed by atoms with Gasteiger partial charge in [-0.05, 0) is 27.7 Å². The fourth-order valence-electron chi connectivity index (χ4n) is 3.05. The molecule has 2 aliphatic rings. The van der Waals surface area contributed by atoms with Gasteiger partial charge in [-0.15, -0.1) is 0 Å². The smallest absolute Gasteiger partial charge is 0.411 e. The van der Waals surface area contributed by atoms with Crippen LogP contribution in [0.25, 0.3) is 0 Å². The van der Waals surface area contributed by atoms with Crippen LogP contribution in [0.1, 0.15) is 27.7 Å². The third-order valence-corrected chi connectivity index (χ3v) is 4.11. The van der Waals surface area contributed by atoms with E-state index in [0.717, 1.165) is 0 Å². The van der Waals surface area contributed by atoms with E-state index in [4.69, 9.17) is 15.2 Å². The summed E-state index contributed by atoms with van der Waals surface area (Å²) in [5, 5.41) is 9.72. The maximum Gasteiger partial charge on any atom is 0.411 e. The number of β-lactam (4-membered cyclic amide) rings is 1. The highest BCUT2D eigenvalue weighted by molar-refractivity contribution is 5.99. The molecular weight excluding hydrogens is 318 g/mol. The fourth-order valence-corrected chi connectivity index (χ4v) is 3.05. The minimum atomic E-state index is -1.21. The van der Waals surface area contributed by atoms with Crippen molar-refractivity contribution in [2.75, 3.05) is 26.3 Å². The van der Waals surface area contributed by atoms with Crippen LogP contribution in [-0.2, 0) is 19.1 Å². The Hall–Kier alpha value is -1.87. The molecule has 0 bridgehead atoms. The average Bonchev–Trinajstić information content (AvgIpc) is 2.44. The van der Waals surface area contributed by atoms with Crippen molar-refractivity contribution in [3.05, 3.63) is 0 Å². The highest BCUT2D eigenvalue weighted by atomic mass is 16.6. The topological polar surface area (TPSA) is 122 Å². The Bertz CT molecular complexity index is 544. The zero-order valence-corrected chi connectivity index (χ0v) is 14.4. The molecule has 2 aliphatic heterocycles. The predicted octanol–water partition coefficient (Wildman–Crippen LogP) is -0.931. The molecule has 2 rings (SSSR count). The summed E-state index contributed by atoms with van der Waals surface area (Å²) in [6.07, 6.45) is -1.71. The van der Waals surface area contributed by atoms with Crippen molar-refractivity contribution < 1.29 is 29.0 Å². The van der Waals surface area contributed by atoms with Crippen LogP contribution >= 0.6 is 0 Å². The summed E-state index contributed by atoms with van der Waals surface area (Å²) < 4.78 is 10.7. The monoisotopic (exact) mass is 343 g/mol. The van der Waals surface area contributed by atoms with E-state index in [9.17, 15) is 19.5 Å². The van der Waals surface area contributed by atoms with Gasteiger partial charge in [-0.1, -0.05) is 0 Å². The summed E-state index contributed by atoms with van der Waals surface area (Å²) in [6, 6.07) is -1.13. The number of ether oxygens (including phenoxy) is 2. The van der Waals surface area contributed by atoms with Gasteiger partial charge >= 0.3 is 6.09 Å². The largest absolute Gasteiger partial charge is 0.444 e. The van der Waals surface area contributed by atoms with Gasteiger partial charge in [-0.2, -0.15) is 0 Å².